The number of carbonyl (C=O) groups excluding carboxylic acids is 1. The Kier molecular flexibility index (Phi) is 2.87. The summed E-state index contributed by atoms with van der Waals surface area (Å²) in [6, 6.07) is -0.759. The number of carbonyl (C=O) groups is 1. The second-order valence-electron chi connectivity index (χ2n) is 2.25. The van der Waals surface area contributed by atoms with Crippen molar-refractivity contribution in [2.45, 2.75) is 0 Å². The quantitative estimate of drug-likeness (QED) is 0.616. The molecule has 7 nitrogen and oxygen atoms in total. The first-order chi connectivity index (χ1) is 6.43. The van der Waals surface area contributed by atoms with E-state index < -0.39 is 11.0 Å². The molecule has 2 amide bonds. The van der Waals surface area contributed by atoms with Gasteiger partial charge in [0.15, 0.2) is 0 Å². The smallest absolute Gasteiger partial charge is 0.351 e. The standard InChI is InChI=1S/C5H5ClN4O3S/c1-9(4(7)11)5-8-2(6)3(14-5)10(12)13/h1H3,(H2,7,11). The van der Waals surface area contributed by atoms with Crippen LogP contribution in [0.15, 0.2) is 0 Å². The van der Waals surface area contributed by atoms with Crippen LogP contribution in [0.2, 0.25) is 5.15 Å². The second kappa shape index (κ2) is 3.76. The van der Waals surface area contributed by atoms with E-state index in [1.165, 1.54) is 7.05 Å². The molecule has 0 atom stereocenters. The highest BCUT2D eigenvalue weighted by atomic mass is 35.5. The zero-order valence-electron chi connectivity index (χ0n) is 6.93. The zero-order valence-corrected chi connectivity index (χ0v) is 8.50. The van der Waals surface area contributed by atoms with Gasteiger partial charge in [0.2, 0.25) is 10.3 Å². The normalized spacial score (nSPS) is 9.86. The summed E-state index contributed by atoms with van der Waals surface area (Å²) >= 11 is 6.15. The van der Waals surface area contributed by atoms with Crippen LogP contribution in [0.25, 0.3) is 0 Å². The Labute approximate surface area is 87.2 Å². The summed E-state index contributed by atoms with van der Waals surface area (Å²) in [5.74, 6) is 0. The number of primary amides is 1. The molecular formula is C5H5ClN4O3S. The van der Waals surface area contributed by atoms with E-state index in [0.717, 1.165) is 4.90 Å². The number of urea groups is 1. The lowest BCUT2D eigenvalue weighted by molar-refractivity contribution is -0.380. The molecule has 0 fully saturated rings. The molecule has 1 aromatic heterocycles. The number of aromatic nitrogens is 1. The summed E-state index contributed by atoms with van der Waals surface area (Å²) in [6.07, 6.45) is 0. The lowest BCUT2D eigenvalue weighted by Crippen LogP contribution is -2.31. The van der Waals surface area contributed by atoms with Crippen LogP contribution in [0.1, 0.15) is 0 Å². The van der Waals surface area contributed by atoms with Gasteiger partial charge in [0.05, 0.1) is 4.92 Å². The number of rotatable bonds is 2. The molecule has 0 aliphatic carbocycles. The zero-order chi connectivity index (χ0) is 10.9. The van der Waals surface area contributed by atoms with Crippen LogP contribution in [0.4, 0.5) is 14.9 Å². The van der Waals surface area contributed by atoms with E-state index >= 15 is 0 Å². The Morgan fingerprint density at radius 3 is 2.71 bits per heavy atom. The van der Waals surface area contributed by atoms with Crippen molar-refractivity contribution in [3.8, 4) is 0 Å². The van der Waals surface area contributed by atoms with Crippen LogP contribution >= 0.6 is 22.9 Å². The Morgan fingerprint density at radius 1 is 1.79 bits per heavy atom. The minimum absolute atomic E-state index is 0.0919. The molecule has 1 heterocycles. The van der Waals surface area contributed by atoms with Gasteiger partial charge in [-0.05, 0) is 11.3 Å². The van der Waals surface area contributed by atoms with Gasteiger partial charge in [-0.3, -0.25) is 15.0 Å². The molecule has 0 aliphatic heterocycles. The van der Waals surface area contributed by atoms with Crippen molar-refractivity contribution in [2.75, 3.05) is 11.9 Å². The highest BCUT2D eigenvalue weighted by Crippen LogP contribution is 2.35. The van der Waals surface area contributed by atoms with E-state index in [9.17, 15) is 14.9 Å². The average molecular weight is 237 g/mol. The minimum atomic E-state index is -0.759. The molecule has 1 aromatic rings. The van der Waals surface area contributed by atoms with Crippen LogP contribution in [0, 0.1) is 10.1 Å². The van der Waals surface area contributed by atoms with E-state index in [1.54, 1.807) is 0 Å². The van der Waals surface area contributed by atoms with Crippen molar-refractivity contribution in [3.05, 3.63) is 15.3 Å². The van der Waals surface area contributed by atoms with Gasteiger partial charge in [0.1, 0.15) is 0 Å². The summed E-state index contributed by atoms with van der Waals surface area (Å²) in [5.41, 5.74) is 4.94. The van der Waals surface area contributed by atoms with Gasteiger partial charge in [-0.15, -0.1) is 0 Å². The third kappa shape index (κ3) is 1.91. The molecule has 0 radical (unpaired) electrons. The summed E-state index contributed by atoms with van der Waals surface area (Å²) in [6.45, 7) is 0. The average Bonchev–Trinajstić information content (AvgIpc) is 2.45. The lowest BCUT2D eigenvalue weighted by Gasteiger charge is -2.07. The van der Waals surface area contributed by atoms with Gasteiger partial charge >= 0.3 is 11.0 Å². The number of hydrogen-bond acceptors (Lipinski definition) is 5. The first-order valence-corrected chi connectivity index (χ1v) is 4.46. The van der Waals surface area contributed by atoms with E-state index in [0.29, 0.717) is 11.3 Å². The van der Waals surface area contributed by atoms with Crippen LogP contribution in [-0.2, 0) is 0 Å². The summed E-state index contributed by atoms with van der Waals surface area (Å²) in [5, 5.41) is 9.92. The molecule has 0 saturated carbocycles. The number of halogens is 1. The van der Waals surface area contributed by atoms with E-state index in [4.69, 9.17) is 17.3 Å². The fraction of sp³-hybridized carbons (Fsp3) is 0.200. The fourth-order valence-electron chi connectivity index (χ4n) is 0.634. The monoisotopic (exact) mass is 236 g/mol. The van der Waals surface area contributed by atoms with Gasteiger partial charge in [0.25, 0.3) is 0 Å². The molecule has 0 saturated heterocycles. The molecule has 76 valence electrons. The number of anilines is 1. The first kappa shape index (κ1) is 10.7. The van der Waals surface area contributed by atoms with E-state index in [-0.39, 0.29) is 15.3 Å². The maximum Gasteiger partial charge on any atom is 0.364 e. The van der Waals surface area contributed by atoms with Crippen molar-refractivity contribution < 1.29 is 9.72 Å². The molecule has 9 heteroatoms. The topological polar surface area (TPSA) is 102 Å². The second-order valence-corrected chi connectivity index (χ2v) is 3.56. The number of nitro groups is 1. The summed E-state index contributed by atoms with van der Waals surface area (Å²) in [4.78, 5) is 25.0. The lowest BCUT2D eigenvalue weighted by atomic mass is 10.8. The highest BCUT2D eigenvalue weighted by molar-refractivity contribution is 7.19. The molecular weight excluding hydrogens is 232 g/mol. The third-order valence-electron chi connectivity index (χ3n) is 1.34. The number of hydrogen-bond donors (Lipinski definition) is 1. The minimum Gasteiger partial charge on any atom is -0.351 e. The Morgan fingerprint density at radius 2 is 2.36 bits per heavy atom. The van der Waals surface area contributed by atoms with E-state index in [1.807, 2.05) is 0 Å². The highest BCUT2D eigenvalue weighted by Gasteiger charge is 2.22. The Bertz CT molecular complexity index is 392. The van der Waals surface area contributed by atoms with Gasteiger partial charge < -0.3 is 5.73 Å². The number of thiazole rings is 1. The molecule has 0 aliphatic rings. The molecule has 0 bridgehead atoms. The van der Waals surface area contributed by atoms with Crippen LogP contribution in [0.5, 0.6) is 0 Å². The van der Waals surface area contributed by atoms with Gasteiger partial charge in [-0.1, -0.05) is 11.6 Å². The maximum atomic E-state index is 10.7. The van der Waals surface area contributed by atoms with Crippen molar-refractivity contribution in [3.63, 3.8) is 0 Å². The number of amides is 2. The molecule has 1 rings (SSSR count). The molecule has 0 unspecified atom stereocenters. The largest absolute Gasteiger partial charge is 0.364 e. The SMILES string of the molecule is CN(C(N)=O)c1nc(Cl)c([N+](=O)[O-])s1. The summed E-state index contributed by atoms with van der Waals surface area (Å²) in [7, 11) is 1.35. The van der Waals surface area contributed by atoms with Crippen molar-refractivity contribution in [1.29, 1.82) is 0 Å². The Balaban J connectivity index is 3.08. The first-order valence-electron chi connectivity index (χ1n) is 3.27. The maximum absolute atomic E-state index is 10.7. The summed E-state index contributed by atoms with van der Waals surface area (Å²) < 4.78 is 0. The van der Waals surface area contributed by atoms with Gasteiger partial charge in [0, 0.05) is 7.05 Å². The fourth-order valence-corrected chi connectivity index (χ4v) is 1.69. The molecule has 0 aromatic carbocycles. The van der Waals surface area contributed by atoms with Gasteiger partial charge in [-0.25, -0.2) is 9.78 Å². The van der Waals surface area contributed by atoms with Crippen molar-refractivity contribution in [2.24, 2.45) is 5.73 Å². The van der Waals surface area contributed by atoms with Crippen molar-refractivity contribution >= 4 is 39.1 Å². The van der Waals surface area contributed by atoms with E-state index in [2.05, 4.69) is 4.98 Å². The predicted molar refractivity (Wildman–Crippen MR) is 51.8 cm³/mol. The van der Waals surface area contributed by atoms with Gasteiger partial charge in [-0.2, -0.15) is 0 Å². The van der Waals surface area contributed by atoms with Crippen molar-refractivity contribution in [1.82, 2.24) is 4.98 Å². The molecule has 2 N–H and O–H groups in total. The number of nitrogens with zero attached hydrogens (tertiary/aromatic N) is 3. The third-order valence-corrected chi connectivity index (χ3v) is 2.80. The molecule has 14 heavy (non-hydrogen) atoms. The predicted octanol–water partition coefficient (Wildman–Crippen LogP) is 1.22. The van der Waals surface area contributed by atoms with Crippen LogP contribution in [-0.4, -0.2) is 23.0 Å². The van der Waals surface area contributed by atoms with Crippen LogP contribution in [0.3, 0.4) is 0 Å². The number of nitrogens with two attached hydrogens (primary N) is 1. The Hall–Kier alpha value is -1.41. The molecule has 0 spiro atoms. The van der Waals surface area contributed by atoms with Crippen LogP contribution < -0.4 is 10.6 Å².